The Morgan fingerprint density at radius 2 is 1.84 bits per heavy atom. The van der Waals surface area contributed by atoms with E-state index in [0.717, 1.165) is 10.8 Å². The second kappa shape index (κ2) is 6.29. The van der Waals surface area contributed by atoms with Crippen LogP contribution in [0.5, 0.6) is 0 Å². The molecule has 1 N–H and O–H groups in total. The number of hydrogen-bond acceptors (Lipinski definition) is 1. The van der Waals surface area contributed by atoms with Crippen molar-refractivity contribution in [3.8, 4) is 0 Å². The van der Waals surface area contributed by atoms with E-state index in [9.17, 15) is 0 Å². The lowest BCUT2D eigenvalue weighted by molar-refractivity contribution is 0.194. The number of nitrogens with one attached hydrogen (secondary N) is 1. The van der Waals surface area contributed by atoms with Crippen LogP contribution in [0.2, 0.25) is 10.0 Å². The molecule has 1 aromatic carbocycles. The summed E-state index contributed by atoms with van der Waals surface area (Å²) in [6.07, 6.45) is 3.65. The Balaban J connectivity index is 2.09. The molecule has 0 spiro atoms. The minimum Gasteiger partial charge on any atom is -0.344 e. The van der Waals surface area contributed by atoms with Crippen molar-refractivity contribution in [2.45, 2.75) is 45.2 Å². The molecule has 1 saturated heterocycles. The molecular weight excluding hydrogens is 299 g/mol. The van der Waals surface area contributed by atoms with Gasteiger partial charge in [-0.1, -0.05) is 23.2 Å². The molecule has 19 heavy (non-hydrogen) atoms. The smallest absolute Gasteiger partial charge is 0.173 e. The van der Waals surface area contributed by atoms with Crippen LogP contribution in [0.4, 0.5) is 5.69 Å². The van der Waals surface area contributed by atoms with Gasteiger partial charge in [-0.05, 0) is 63.5 Å². The van der Waals surface area contributed by atoms with E-state index in [1.54, 1.807) is 12.1 Å². The summed E-state index contributed by atoms with van der Waals surface area (Å²) in [5.41, 5.74) is 0.879. The van der Waals surface area contributed by atoms with Crippen LogP contribution in [0.3, 0.4) is 0 Å². The highest BCUT2D eigenvalue weighted by Gasteiger charge is 2.26. The maximum Gasteiger partial charge on any atom is 0.173 e. The number of likely N-dealkylation sites (tertiary alicyclic amines) is 1. The third kappa shape index (κ3) is 3.53. The molecule has 1 heterocycles. The van der Waals surface area contributed by atoms with Crippen LogP contribution in [0.1, 0.15) is 33.1 Å². The van der Waals surface area contributed by atoms with Gasteiger partial charge in [0.1, 0.15) is 0 Å². The second-order valence-electron chi connectivity index (χ2n) is 5.10. The molecule has 1 aromatic rings. The summed E-state index contributed by atoms with van der Waals surface area (Å²) in [6.45, 7) is 4.44. The highest BCUT2D eigenvalue weighted by molar-refractivity contribution is 7.80. The predicted molar refractivity (Wildman–Crippen MR) is 87.3 cm³/mol. The average Bonchev–Trinajstić information content (AvgIpc) is 2.33. The molecule has 0 amide bonds. The van der Waals surface area contributed by atoms with E-state index < -0.39 is 0 Å². The van der Waals surface area contributed by atoms with Crippen molar-refractivity contribution in [3.63, 3.8) is 0 Å². The third-order valence-corrected chi connectivity index (χ3v) is 4.65. The standard InChI is InChI=1S/C14H18Cl2N2S/c1-9-4-3-5-10(2)18(9)14(19)17-11-6-7-12(15)13(16)8-11/h6-10H,3-5H2,1-2H3,(H,17,19). The summed E-state index contributed by atoms with van der Waals surface area (Å²) in [5, 5.41) is 5.11. The van der Waals surface area contributed by atoms with Crippen molar-refractivity contribution in [3.05, 3.63) is 28.2 Å². The molecule has 0 saturated carbocycles. The summed E-state index contributed by atoms with van der Waals surface area (Å²) >= 11 is 17.4. The van der Waals surface area contributed by atoms with Crippen LogP contribution in [0, 0.1) is 0 Å². The van der Waals surface area contributed by atoms with E-state index in [-0.39, 0.29) is 0 Å². The van der Waals surface area contributed by atoms with Gasteiger partial charge in [-0.25, -0.2) is 0 Å². The fourth-order valence-electron chi connectivity index (χ4n) is 2.58. The maximum absolute atomic E-state index is 6.01. The van der Waals surface area contributed by atoms with Gasteiger partial charge in [0.05, 0.1) is 10.0 Å². The number of benzene rings is 1. The fourth-order valence-corrected chi connectivity index (χ4v) is 3.36. The molecule has 104 valence electrons. The summed E-state index contributed by atoms with van der Waals surface area (Å²) in [6, 6.07) is 6.42. The van der Waals surface area contributed by atoms with E-state index in [1.807, 2.05) is 6.07 Å². The number of rotatable bonds is 1. The Hall–Kier alpha value is -0.510. The summed E-state index contributed by atoms with van der Waals surface area (Å²) in [4.78, 5) is 2.28. The van der Waals surface area contributed by atoms with E-state index in [0.29, 0.717) is 22.1 Å². The lowest BCUT2D eigenvalue weighted by Gasteiger charge is -2.40. The van der Waals surface area contributed by atoms with Crippen molar-refractivity contribution >= 4 is 46.2 Å². The van der Waals surface area contributed by atoms with Crippen LogP contribution in [-0.4, -0.2) is 22.1 Å². The second-order valence-corrected chi connectivity index (χ2v) is 6.30. The molecule has 2 atom stereocenters. The van der Waals surface area contributed by atoms with Crippen molar-refractivity contribution in [2.24, 2.45) is 0 Å². The molecule has 2 nitrogen and oxygen atoms in total. The lowest BCUT2D eigenvalue weighted by atomic mass is 9.98. The first kappa shape index (κ1) is 14.9. The Morgan fingerprint density at radius 1 is 1.21 bits per heavy atom. The quantitative estimate of drug-likeness (QED) is 0.738. The third-order valence-electron chi connectivity index (χ3n) is 3.60. The molecule has 0 aromatic heterocycles. The number of piperidine rings is 1. The number of anilines is 1. The zero-order valence-corrected chi connectivity index (χ0v) is 13.4. The first-order valence-electron chi connectivity index (χ1n) is 6.53. The molecule has 0 bridgehead atoms. The zero-order valence-electron chi connectivity index (χ0n) is 11.1. The average molecular weight is 317 g/mol. The normalized spacial score (nSPS) is 23.3. The van der Waals surface area contributed by atoms with E-state index in [2.05, 4.69) is 24.1 Å². The predicted octanol–water partition coefficient (Wildman–Crippen LogP) is 4.95. The molecule has 2 unspecified atom stereocenters. The topological polar surface area (TPSA) is 15.3 Å². The Kier molecular flexibility index (Phi) is 4.93. The van der Waals surface area contributed by atoms with E-state index in [1.165, 1.54) is 19.3 Å². The molecular formula is C14H18Cl2N2S. The van der Waals surface area contributed by atoms with E-state index >= 15 is 0 Å². The molecule has 0 radical (unpaired) electrons. The molecule has 1 aliphatic heterocycles. The van der Waals surface area contributed by atoms with Gasteiger partial charge < -0.3 is 10.2 Å². The van der Waals surface area contributed by atoms with E-state index in [4.69, 9.17) is 35.4 Å². The van der Waals surface area contributed by atoms with Crippen LogP contribution in [-0.2, 0) is 0 Å². The van der Waals surface area contributed by atoms with Crippen LogP contribution >= 0.6 is 35.4 Å². The summed E-state index contributed by atoms with van der Waals surface area (Å²) in [5.74, 6) is 0. The SMILES string of the molecule is CC1CCCC(C)N1C(=S)Nc1ccc(Cl)c(Cl)c1. The van der Waals surface area contributed by atoms with Gasteiger partial charge in [0.15, 0.2) is 5.11 Å². The van der Waals surface area contributed by atoms with Crippen LogP contribution < -0.4 is 5.32 Å². The first-order valence-corrected chi connectivity index (χ1v) is 7.70. The van der Waals surface area contributed by atoms with Crippen molar-refractivity contribution in [1.29, 1.82) is 0 Å². The molecule has 1 aliphatic rings. The zero-order chi connectivity index (χ0) is 14.0. The van der Waals surface area contributed by atoms with Gasteiger partial charge >= 0.3 is 0 Å². The van der Waals surface area contributed by atoms with Gasteiger partial charge in [-0.3, -0.25) is 0 Å². The number of halogens is 2. The summed E-state index contributed by atoms with van der Waals surface area (Å²) < 4.78 is 0. The Bertz CT molecular complexity index is 469. The van der Waals surface area contributed by atoms with Gasteiger partial charge in [0, 0.05) is 17.8 Å². The minimum atomic E-state index is 0.478. The molecule has 0 aliphatic carbocycles. The van der Waals surface area contributed by atoms with Crippen molar-refractivity contribution < 1.29 is 0 Å². The molecule has 2 rings (SSSR count). The Labute approximate surface area is 130 Å². The van der Waals surface area contributed by atoms with Crippen molar-refractivity contribution in [1.82, 2.24) is 4.90 Å². The number of thiocarbonyl (C=S) groups is 1. The van der Waals surface area contributed by atoms with Gasteiger partial charge in [0.25, 0.3) is 0 Å². The number of nitrogens with zero attached hydrogens (tertiary/aromatic N) is 1. The molecule has 1 fully saturated rings. The number of hydrogen-bond donors (Lipinski definition) is 1. The highest BCUT2D eigenvalue weighted by atomic mass is 35.5. The first-order chi connectivity index (χ1) is 8.99. The largest absolute Gasteiger partial charge is 0.344 e. The Morgan fingerprint density at radius 3 is 2.42 bits per heavy atom. The van der Waals surface area contributed by atoms with Crippen molar-refractivity contribution in [2.75, 3.05) is 5.32 Å². The monoisotopic (exact) mass is 316 g/mol. The minimum absolute atomic E-state index is 0.478. The lowest BCUT2D eigenvalue weighted by Crippen LogP contribution is -2.49. The van der Waals surface area contributed by atoms with Crippen LogP contribution in [0.25, 0.3) is 0 Å². The summed E-state index contributed by atoms with van der Waals surface area (Å²) in [7, 11) is 0. The van der Waals surface area contributed by atoms with Gasteiger partial charge in [-0.15, -0.1) is 0 Å². The van der Waals surface area contributed by atoms with Gasteiger partial charge in [0.2, 0.25) is 0 Å². The van der Waals surface area contributed by atoms with Crippen LogP contribution in [0.15, 0.2) is 18.2 Å². The highest BCUT2D eigenvalue weighted by Crippen LogP contribution is 2.27. The van der Waals surface area contributed by atoms with Gasteiger partial charge in [-0.2, -0.15) is 0 Å². The maximum atomic E-state index is 6.01. The fraction of sp³-hybridized carbons (Fsp3) is 0.500. The molecule has 5 heteroatoms.